The second-order valence-corrected chi connectivity index (χ2v) is 4.21. The first-order valence-electron chi connectivity index (χ1n) is 5.74. The minimum Gasteiger partial charge on any atom is -0.379 e. The van der Waals surface area contributed by atoms with E-state index >= 15 is 0 Å². The predicted molar refractivity (Wildman–Crippen MR) is 69.0 cm³/mol. The van der Waals surface area contributed by atoms with Gasteiger partial charge in [0.1, 0.15) is 0 Å². The largest absolute Gasteiger partial charge is 0.379 e. The zero-order valence-corrected chi connectivity index (χ0v) is 10.9. The molecule has 0 heterocycles. The topological polar surface area (TPSA) is 21.3 Å². The van der Waals surface area contributed by atoms with Crippen LogP contribution in [0.15, 0.2) is 24.3 Å². The fourth-order valence-corrected chi connectivity index (χ4v) is 2.12. The molecule has 1 rings (SSSR count). The first kappa shape index (κ1) is 13.5. The summed E-state index contributed by atoms with van der Waals surface area (Å²) in [4.78, 5) is 0. The molecule has 90 valence electrons. The SMILES string of the molecule is CCNC(c1cccc(Cl)c1)C(CC)OC. The number of likely N-dealkylation sites (N-methyl/N-ethyl adjacent to an activating group) is 1. The van der Waals surface area contributed by atoms with Gasteiger partial charge in [-0.05, 0) is 30.7 Å². The lowest BCUT2D eigenvalue weighted by molar-refractivity contribution is 0.0656. The number of methoxy groups -OCH3 is 1. The quantitative estimate of drug-likeness (QED) is 0.824. The average molecular weight is 242 g/mol. The Morgan fingerprint density at radius 3 is 2.62 bits per heavy atom. The second-order valence-electron chi connectivity index (χ2n) is 3.77. The summed E-state index contributed by atoms with van der Waals surface area (Å²) in [6.45, 7) is 5.14. The van der Waals surface area contributed by atoms with Crippen molar-refractivity contribution >= 4 is 11.6 Å². The molecule has 2 atom stereocenters. The summed E-state index contributed by atoms with van der Waals surface area (Å²) in [6, 6.07) is 8.16. The molecule has 0 fully saturated rings. The first-order valence-corrected chi connectivity index (χ1v) is 6.12. The van der Waals surface area contributed by atoms with E-state index in [1.54, 1.807) is 7.11 Å². The molecule has 1 N–H and O–H groups in total. The molecule has 0 saturated heterocycles. The van der Waals surface area contributed by atoms with Crippen LogP contribution in [0.4, 0.5) is 0 Å². The molecule has 0 saturated carbocycles. The average Bonchev–Trinajstić information content (AvgIpc) is 2.29. The van der Waals surface area contributed by atoms with E-state index in [4.69, 9.17) is 16.3 Å². The normalized spacial score (nSPS) is 14.8. The van der Waals surface area contributed by atoms with Crippen LogP contribution in [0.3, 0.4) is 0 Å². The molecule has 3 heteroatoms. The Labute approximate surface area is 103 Å². The first-order chi connectivity index (χ1) is 7.72. The molecule has 0 aliphatic carbocycles. The Bertz CT molecular complexity index is 313. The van der Waals surface area contributed by atoms with Crippen molar-refractivity contribution in [3.05, 3.63) is 34.9 Å². The van der Waals surface area contributed by atoms with E-state index in [0.717, 1.165) is 18.0 Å². The standard InChI is InChI=1S/C13H20ClNO/c1-4-12(16-3)13(15-5-2)10-7-6-8-11(14)9-10/h6-9,12-13,15H,4-5H2,1-3H3. The molecule has 0 aliphatic rings. The maximum absolute atomic E-state index is 6.01. The van der Waals surface area contributed by atoms with Crippen LogP contribution in [0.2, 0.25) is 5.02 Å². The van der Waals surface area contributed by atoms with Crippen LogP contribution in [0.1, 0.15) is 31.9 Å². The summed E-state index contributed by atoms with van der Waals surface area (Å²) in [5.74, 6) is 0. The summed E-state index contributed by atoms with van der Waals surface area (Å²) in [6.07, 6.45) is 1.15. The lowest BCUT2D eigenvalue weighted by Gasteiger charge is -2.26. The molecule has 16 heavy (non-hydrogen) atoms. The maximum atomic E-state index is 6.01. The number of hydrogen-bond donors (Lipinski definition) is 1. The van der Waals surface area contributed by atoms with E-state index in [-0.39, 0.29) is 12.1 Å². The van der Waals surface area contributed by atoms with E-state index in [0.29, 0.717) is 0 Å². The minimum atomic E-state index is 0.179. The van der Waals surface area contributed by atoms with E-state index in [9.17, 15) is 0 Å². The summed E-state index contributed by atoms with van der Waals surface area (Å²) < 4.78 is 5.50. The molecule has 0 bridgehead atoms. The number of halogens is 1. The summed E-state index contributed by atoms with van der Waals surface area (Å²) in [7, 11) is 1.75. The predicted octanol–water partition coefficient (Wildman–Crippen LogP) is 3.42. The Balaban J connectivity index is 2.91. The van der Waals surface area contributed by atoms with Gasteiger partial charge in [0, 0.05) is 12.1 Å². The van der Waals surface area contributed by atoms with E-state index < -0.39 is 0 Å². The molecule has 1 aromatic carbocycles. The zero-order chi connectivity index (χ0) is 12.0. The van der Waals surface area contributed by atoms with Crippen molar-refractivity contribution in [2.24, 2.45) is 0 Å². The van der Waals surface area contributed by atoms with Crippen molar-refractivity contribution < 1.29 is 4.74 Å². The summed E-state index contributed by atoms with van der Waals surface area (Å²) >= 11 is 6.01. The number of rotatable bonds is 6. The van der Waals surface area contributed by atoms with E-state index in [2.05, 4.69) is 25.2 Å². The van der Waals surface area contributed by atoms with Crippen LogP contribution >= 0.6 is 11.6 Å². The molecule has 0 radical (unpaired) electrons. The van der Waals surface area contributed by atoms with Crippen molar-refractivity contribution in [1.29, 1.82) is 0 Å². The van der Waals surface area contributed by atoms with Gasteiger partial charge >= 0.3 is 0 Å². The summed E-state index contributed by atoms with van der Waals surface area (Å²) in [5.41, 5.74) is 1.18. The number of ether oxygens (including phenoxy) is 1. The van der Waals surface area contributed by atoms with Gasteiger partial charge in [0.15, 0.2) is 0 Å². The van der Waals surface area contributed by atoms with Crippen molar-refractivity contribution in [3.8, 4) is 0 Å². The van der Waals surface area contributed by atoms with Crippen LogP contribution in [-0.2, 0) is 4.74 Å². The number of hydrogen-bond acceptors (Lipinski definition) is 2. The highest BCUT2D eigenvalue weighted by molar-refractivity contribution is 6.30. The van der Waals surface area contributed by atoms with Gasteiger partial charge in [-0.15, -0.1) is 0 Å². The molecule has 1 aromatic rings. The fourth-order valence-electron chi connectivity index (χ4n) is 1.92. The Kier molecular flexibility index (Phi) is 5.81. The van der Waals surface area contributed by atoms with Crippen LogP contribution in [0.5, 0.6) is 0 Å². The molecular formula is C13H20ClNO. The van der Waals surface area contributed by atoms with E-state index in [1.807, 2.05) is 18.2 Å². The molecular weight excluding hydrogens is 222 g/mol. The van der Waals surface area contributed by atoms with Gasteiger partial charge in [-0.25, -0.2) is 0 Å². The maximum Gasteiger partial charge on any atom is 0.0763 e. The third-order valence-electron chi connectivity index (χ3n) is 2.71. The minimum absolute atomic E-state index is 0.179. The smallest absolute Gasteiger partial charge is 0.0763 e. The Hall–Kier alpha value is -0.570. The van der Waals surface area contributed by atoms with E-state index in [1.165, 1.54) is 5.56 Å². The molecule has 0 spiro atoms. The second kappa shape index (κ2) is 6.89. The van der Waals surface area contributed by atoms with Crippen molar-refractivity contribution in [3.63, 3.8) is 0 Å². The zero-order valence-electron chi connectivity index (χ0n) is 10.2. The van der Waals surface area contributed by atoms with Crippen LogP contribution in [0, 0.1) is 0 Å². The van der Waals surface area contributed by atoms with Crippen molar-refractivity contribution in [1.82, 2.24) is 5.32 Å². The van der Waals surface area contributed by atoms with Gasteiger partial charge in [-0.3, -0.25) is 0 Å². The molecule has 0 aromatic heterocycles. The molecule has 0 aliphatic heterocycles. The highest BCUT2D eigenvalue weighted by atomic mass is 35.5. The lowest BCUT2D eigenvalue weighted by atomic mass is 9.99. The van der Waals surface area contributed by atoms with Crippen molar-refractivity contribution in [2.45, 2.75) is 32.4 Å². The highest BCUT2D eigenvalue weighted by Gasteiger charge is 2.20. The van der Waals surface area contributed by atoms with Gasteiger partial charge in [0.25, 0.3) is 0 Å². The van der Waals surface area contributed by atoms with Gasteiger partial charge in [-0.2, -0.15) is 0 Å². The fraction of sp³-hybridized carbons (Fsp3) is 0.538. The highest BCUT2D eigenvalue weighted by Crippen LogP contribution is 2.23. The third kappa shape index (κ3) is 3.48. The van der Waals surface area contributed by atoms with Gasteiger partial charge in [-0.1, -0.05) is 37.6 Å². The number of benzene rings is 1. The molecule has 2 nitrogen and oxygen atoms in total. The summed E-state index contributed by atoms with van der Waals surface area (Å²) in [5, 5.41) is 4.21. The van der Waals surface area contributed by atoms with Gasteiger partial charge in [0.05, 0.1) is 12.1 Å². The van der Waals surface area contributed by atoms with Crippen molar-refractivity contribution in [2.75, 3.05) is 13.7 Å². The van der Waals surface area contributed by atoms with Crippen LogP contribution < -0.4 is 5.32 Å². The van der Waals surface area contributed by atoms with Crippen LogP contribution in [-0.4, -0.2) is 19.8 Å². The Morgan fingerprint density at radius 2 is 2.12 bits per heavy atom. The third-order valence-corrected chi connectivity index (χ3v) is 2.94. The van der Waals surface area contributed by atoms with Gasteiger partial charge < -0.3 is 10.1 Å². The Morgan fingerprint density at radius 1 is 1.38 bits per heavy atom. The van der Waals surface area contributed by atoms with Gasteiger partial charge in [0.2, 0.25) is 0 Å². The number of nitrogens with one attached hydrogen (secondary N) is 1. The monoisotopic (exact) mass is 241 g/mol. The lowest BCUT2D eigenvalue weighted by Crippen LogP contribution is -2.32. The van der Waals surface area contributed by atoms with Crippen LogP contribution in [0.25, 0.3) is 0 Å². The molecule has 0 amide bonds. The molecule has 2 unspecified atom stereocenters.